The number of fused-ring (bicyclic) bond motifs is 3. The van der Waals surface area contributed by atoms with Crippen LogP contribution in [0.3, 0.4) is 0 Å². The van der Waals surface area contributed by atoms with Gasteiger partial charge in [0.05, 0.1) is 11.4 Å². The zero-order chi connectivity index (χ0) is 20.7. The Morgan fingerprint density at radius 1 is 1.03 bits per heavy atom. The minimum Gasteiger partial charge on any atom is -0.366 e. The molecule has 8 heteroatoms. The number of nitrogens with zero attached hydrogens (tertiary/aromatic N) is 5. The summed E-state index contributed by atoms with van der Waals surface area (Å²) in [5.41, 5.74) is 3.05. The lowest BCUT2D eigenvalue weighted by Gasteiger charge is -2.36. The standard InChI is InChI=1S/C22H24FN5O2/c23-17-6-2-4-8-19(17)25-9-11-26(12-10-25)20(29)15-27-13-14-28-21(22(27)30)16-5-1-3-7-18(16)24-28/h2,4,6,8,13-14H,1,3,5,7,9-12,15H2. The fraction of sp³-hybridized carbons (Fsp3) is 0.409. The van der Waals surface area contributed by atoms with Gasteiger partial charge in [-0.05, 0) is 37.8 Å². The maximum Gasteiger partial charge on any atom is 0.277 e. The van der Waals surface area contributed by atoms with Gasteiger partial charge < -0.3 is 14.4 Å². The number of anilines is 1. The zero-order valence-electron chi connectivity index (χ0n) is 16.8. The summed E-state index contributed by atoms with van der Waals surface area (Å²) in [6, 6.07) is 6.69. The number of rotatable bonds is 3. The van der Waals surface area contributed by atoms with Crippen LogP contribution in [0.15, 0.2) is 41.5 Å². The maximum absolute atomic E-state index is 14.0. The van der Waals surface area contributed by atoms with E-state index in [1.54, 1.807) is 33.9 Å². The van der Waals surface area contributed by atoms with Gasteiger partial charge in [0.1, 0.15) is 17.9 Å². The first-order valence-corrected chi connectivity index (χ1v) is 10.5. The first kappa shape index (κ1) is 18.8. The van der Waals surface area contributed by atoms with Gasteiger partial charge in [0.25, 0.3) is 5.56 Å². The molecule has 2 aromatic heterocycles. The summed E-state index contributed by atoms with van der Waals surface area (Å²) in [6.45, 7) is 2.15. The van der Waals surface area contributed by atoms with Crippen LogP contribution in [-0.2, 0) is 24.2 Å². The molecule has 0 radical (unpaired) electrons. The van der Waals surface area contributed by atoms with E-state index in [2.05, 4.69) is 5.10 Å². The summed E-state index contributed by atoms with van der Waals surface area (Å²) in [5.74, 6) is -0.343. The molecule has 1 amide bonds. The van der Waals surface area contributed by atoms with E-state index in [1.165, 1.54) is 10.6 Å². The Morgan fingerprint density at radius 3 is 2.60 bits per heavy atom. The monoisotopic (exact) mass is 409 g/mol. The van der Waals surface area contributed by atoms with Crippen molar-refractivity contribution in [2.75, 3.05) is 31.1 Å². The molecule has 1 aliphatic carbocycles. The highest BCUT2D eigenvalue weighted by Crippen LogP contribution is 2.23. The van der Waals surface area contributed by atoms with Crippen molar-refractivity contribution < 1.29 is 9.18 Å². The third-order valence-electron chi connectivity index (χ3n) is 6.16. The molecular formula is C22H24FN5O2. The molecule has 0 N–H and O–H groups in total. The highest BCUT2D eigenvalue weighted by molar-refractivity contribution is 5.76. The summed E-state index contributed by atoms with van der Waals surface area (Å²) >= 11 is 0. The Kier molecular flexibility index (Phi) is 4.77. The number of halogens is 1. The minimum atomic E-state index is -0.249. The molecule has 0 atom stereocenters. The van der Waals surface area contributed by atoms with Crippen molar-refractivity contribution in [2.24, 2.45) is 0 Å². The summed E-state index contributed by atoms with van der Waals surface area (Å²) in [7, 11) is 0. The van der Waals surface area contributed by atoms with Gasteiger partial charge in [0, 0.05) is 44.1 Å². The lowest BCUT2D eigenvalue weighted by Crippen LogP contribution is -2.50. The highest BCUT2D eigenvalue weighted by atomic mass is 19.1. The smallest absolute Gasteiger partial charge is 0.277 e. The molecule has 7 nitrogen and oxygen atoms in total. The highest BCUT2D eigenvalue weighted by Gasteiger charge is 2.24. The fourth-order valence-corrected chi connectivity index (χ4v) is 4.53. The number of benzene rings is 1. The molecule has 156 valence electrons. The van der Waals surface area contributed by atoms with Gasteiger partial charge in [0.2, 0.25) is 5.91 Å². The first-order chi connectivity index (χ1) is 14.6. The molecule has 2 aliphatic rings. The van der Waals surface area contributed by atoms with Crippen LogP contribution in [0.2, 0.25) is 0 Å². The van der Waals surface area contributed by atoms with Crippen LogP contribution in [0.5, 0.6) is 0 Å². The van der Waals surface area contributed by atoms with Crippen LogP contribution in [0.4, 0.5) is 10.1 Å². The minimum absolute atomic E-state index is 0.00891. The summed E-state index contributed by atoms with van der Waals surface area (Å²) in [4.78, 5) is 29.6. The molecule has 30 heavy (non-hydrogen) atoms. The molecule has 1 aromatic carbocycles. The van der Waals surface area contributed by atoms with Crippen LogP contribution in [0.25, 0.3) is 5.52 Å². The quantitative estimate of drug-likeness (QED) is 0.663. The van der Waals surface area contributed by atoms with Gasteiger partial charge in [-0.15, -0.1) is 0 Å². The number of amides is 1. The molecule has 3 heterocycles. The lowest BCUT2D eigenvalue weighted by atomic mass is 9.97. The van der Waals surface area contributed by atoms with Crippen molar-refractivity contribution in [3.05, 3.63) is 64.1 Å². The summed E-state index contributed by atoms with van der Waals surface area (Å²) in [5, 5.41) is 4.54. The summed E-state index contributed by atoms with van der Waals surface area (Å²) < 4.78 is 17.2. The lowest BCUT2D eigenvalue weighted by molar-refractivity contribution is -0.132. The number of hydrogen-bond acceptors (Lipinski definition) is 4. The van der Waals surface area contributed by atoms with E-state index in [-0.39, 0.29) is 23.8 Å². The van der Waals surface area contributed by atoms with Crippen LogP contribution in [0.1, 0.15) is 24.1 Å². The normalized spacial score (nSPS) is 16.7. The van der Waals surface area contributed by atoms with Crippen molar-refractivity contribution in [2.45, 2.75) is 32.2 Å². The van der Waals surface area contributed by atoms with Crippen molar-refractivity contribution in [1.29, 1.82) is 0 Å². The van der Waals surface area contributed by atoms with Crippen LogP contribution < -0.4 is 10.5 Å². The maximum atomic E-state index is 14.0. The average Bonchev–Trinajstić information content (AvgIpc) is 3.15. The number of carbonyl (C=O) groups is 1. The van der Waals surface area contributed by atoms with E-state index in [0.717, 1.165) is 36.9 Å². The molecule has 0 bridgehead atoms. The van der Waals surface area contributed by atoms with Crippen molar-refractivity contribution in [3.8, 4) is 0 Å². The largest absolute Gasteiger partial charge is 0.366 e. The number of aromatic nitrogens is 3. The molecular weight excluding hydrogens is 385 g/mol. The van der Waals surface area contributed by atoms with Crippen LogP contribution in [-0.4, -0.2) is 51.2 Å². The molecule has 5 rings (SSSR count). The first-order valence-electron chi connectivity index (χ1n) is 10.5. The molecule has 0 spiro atoms. The Balaban J connectivity index is 1.30. The molecule has 0 saturated carbocycles. The molecule has 0 unspecified atom stereocenters. The summed E-state index contributed by atoms with van der Waals surface area (Å²) in [6.07, 6.45) is 7.34. The molecule has 1 saturated heterocycles. The molecule has 1 aliphatic heterocycles. The topological polar surface area (TPSA) is 62.9 Å². The third kappa shape index (κ3) is 3.26. The van der Waals surface area contributed by atoms with Crippen LogP contribution in [0, 0.1) is 5.82 Å². The second-order valence-corrected chi connectivity index (χ2v) is 7.98. The van der Waals surface area contributed by atoms with Gasteiger partial charge in [0.15, 0.2) is 0 Å². The van der Waals surface area contributed by atoms with Gasteiger partial charge in [-0.1, -0.05) is 12.1 Å². The van der Waals surface area contributed by atoms with E-state index >= 15 is 0 Å². The number of carbonyl (C=O) groups excluding carboxylic acids is 1. The van der Waals surface area contributed by atoms with Gasteiger partial charge in [-0.25, -0.2) is 8.91 Å². The van der Waals surface area contributed by atoms with E-state index in [0.29, 0.717) is 37.4 Å². The second-order valence-electron chi connectivity index (χ2n) is 7.98. The van der Waals surface area contributed by atoms with Crippen molar-refractivity contribution >= 4 is 17.1 Å². The average molecular weight is 409 g/mol. The number of piperazine rings is 1. The van der Waals surface area contributed by atoms with Gasteiger partial charge >= 0.3 is 0 Å². The van der Waals surface area contributed by atoms with E-state index in [1.807, 2.05) is 11.0 Å². The second kappa shape index (κ2) is 7.59. The van der Waals surface area contributed by atoms with Crippen LogP contribution >= 0.6 is 0 Å². The zero-order valence-corrected chi connectivity index (χ0v) is 16.8. The van der Waals surface area contributed by atoms with E-state index < -0.39 is 0 Å². The molecule has 1 fully saturated rings. The van der Waals surface area contributed by atoms with Gasteiger partial charge in [-0.2, -0.15) is 5.10 Å². The van der Waals surface area contributed by atoms with E-state index in [9.17, 15) is 14.0 Å². The number of aryl methyl sites for hydroxylation is 2. The third-order valence-corrected chi connectivity index (χ3v) is 6.16. The van der Waals surface area contributed by atoms with Gasteiger partial charge in [-0.3, -0.25) is 9.59 Å². The van der Waals surface area contributed by atoms with E-state index in [4.69, 9.17) is 0 Å². The fourth-order valence-electron chi connectivity index (χ4n) is 4.53. The number of para-hydroxylation sites is 1. The predicted molar refractivity (Wildman–Crippen MR) is 111 cm³/mol. The predicted octanol–water partition coefficient (Wildman–Crippen LogP) is 1.86. The van der Waals surface area contributed by atoms with Crippen molar-refractivity contribution in [3.63, 3.8) is 0 Å². The Hall–Kier alpha value is -3.16. The molecule has 3 aromatic rings. The number of hydrogen-bond donors (Lipinski definition) is 0. The Morgan fingerprint density at radius 2 is 1.80 bits per heavy atom. The Labute approximate surface area is 173 Å². The Bertz CT molecular complexity index is 1160. The van der Waals surface area contributed by atoms with Crippen molar-refractivity contribution in [1.82, 2.24) is 19.1 Å². The SMILES string of the molecule is O=C(Cn1ccn2nc3c(c2c1=O)CCCC3)N1CCN(c2ccccc2F)CC1.